The largest absolute Gasteiger partial charge is 0.368 e. The number of fused-ring (bicyclic) bond motifs is 1. The molecule has 3 aliphatic rings. The molecule has 0 spiro atoms. The van der Waals surface area contributed by atoms with Crippen LogP contribution in [0, 0.1) is 17.6 Å². The lowest BCUT2D eigenvalue weighted by Crippen LogP contribution is -2.49. The fourth-order valence-electron chi connectivity index (χ4n) is 5.76. The second-order valence-electron chi connectivity index (χ2n) is 10.4. The van der Waals surface area contributed by atoms with Crippen LogP contribution in [-0.2, 0) is 7.05 Å². The molecule has 4 heterocycles. The summed E-state index contributed by atoms with van der Waals surface area (Å²) in [6, 6.07) is 3.45. The molecule has 1 aromatic carbocycles. The average Bonchev–Trinajstić information content (AvgIpc) is 3.70. The number of hydrogen-bond acceptors (Lipinski definition) is 8. The summed E-state index contributed by atoms with van der Waals surface area (Å²) in [6.45, 7) is 2.91. The topological polar surface area (TPSA) is 106 Å². The summed E-state index contributed by atoms with van der Waals surface area (Å²) in [7, 11) is 1.51. The van der Waals surface area contributed by atoms with Crippen LogP contribution < -0.4 is 16.3 Å². The molecule has 2 atom stereocenters. The van der Waals surface area contributed by atoms with E-state index in [0.717, 1.165) is 54.3 Å². The van der Waals surface area contributed by atoms with Crippen LogP contribution in [0.15, 0.2) is 23.1 Å². The number of hydrogen-bond donors (Lipinski definition) is 2. The van der Waals surface area contributed by atoms with Crippen molar-refractivity contribution in [2.24, 2.45) is 13.0 Å². The Morgan fingerprint density at radius 3 is 2.65 bits per heavy atom. The summed E-state index contributed by atoms with van der Waals surface area (Å²) >= 11 is 0. The Balaban J connectivity index is 1.23. The van der Waals surface area contributed by atoms with Crippen LogP contribution in [-0.4, -0.2) is 60.3 Å². The minimum absolute atomic E-state index is 0.0577. The Labute approximate surface area is 213 Å². The third kappa shape index (κ3) is 4.81. The van der Waals surface area contributed by atoms with E-state index in [4.69, 9.17) is 0 Å². The molecule has 6 rings (SSSR count). The van der Waals surface area contributed by atoms with Gasteiger partial charge in [0.05, 0.1) is 17.6 Å². The molecule has 0 bridgehead atoms. The summed E-state index contributed by atoms with van der Waals surface area (Å²) in [6.07, 6.45) is 8.84. The molecule has 2 aliphatic heterocycles. The molecular weight excluding hydrogens is 480 g/mol. The molecule has 2 N–H and O–H groups in total. The molecule has 12 heteroatoms. The molecular formula is C25H31F2N9O. The summed E-state index contributed by atoms with van der Waals surface area (Å²) < 4.78 is 32.0. The number of aryl methyl sites for hydroxylation is 1. The lowest BCUT2D eigenvalue weighted by molar-refractivity contribution is 0.0648. The first-order chi connectivity index (χ1) is 18.0. The van der Waals surface area contributed by atoms with Gasteiger partial charge in [-0.25, -0.2) is 18.6 Å². The molecule has 3 fully saturated rings. The van der Waals surface area contributed by atoms with Crippen molar-refractivity contribution in [2.45, 2.75) is 56.9 Å². The number of halogens is 2. The fourth-order valence-corrected chi connectivity index (χ4v) is 5.76. The first kappa shape index (κ1) is 24.0. The molecule has 2 aromatic heterocycles. The third-order valence-electron chi connectivity index (χ3n) is 7.83. The molecule has 0 amide bonds. The number of tetrazole rings is 1. The molecule has 2 unspecified atom stereocenters. The summed E-state index contributed by atoms with van der Waals surface area (Å²) in [5.74, 6) is -0.318. The highest BCUT2D eigenvalue weighted by atomic mass is 19.1. The third-order valence-corrected chi connectivity index (χ3v) is 7.83. The molecule has 0 radical (unpaired) electrons. The number of piperidine rings is 2. The molecule has 196 valence electrons. The SMILES string of the molecule is Cn1nnn(-c2cc(Nc3ncc(F)c(NCC4CCCN5CCCCC45)n3)c(F)cc2C2CC2)c1=O. The number of anilines is 3. The summed E-state index contributed by atoms with van der Waals surface area (Å²) in [5.41, 5.74) is 0.805. The van der Waals surface area contributed by atoms with Gasteiger partial charge in [-0.05, 0) is 91.6 Å². The lowest BCUT2D eigenvalue weighted by atomic mass is 9.83. The highest BCUT2D eigenvalue weighted by Crippen LogP contribution is 2.44. The minimum Gasteiger partial charge on any atom is -0.367 e. The zero-order chi connectivity index (χ0) is 25.5. The number of rotatable bonds is 7. The van der Waals surface area contributed by atoms with Crippen LogP contribution in [0.2, 0.25) is 0 Å². The molecule has 2 saturated heterocycles. The number of nitrogens with one attached hydrogen (secondary N) is 2. The van der Waals surface area contributed by atoms with Gasteiger partial charge in [-0.15, -0.1) is 0 Å². The van der Waals surface area contributed by atoms with E-state index < -0.39 is 17.3 Å². The van der Waals surface area contributed by atoms with Gasteiger partial charge < -0.3 is 15.5 Å². The molecule has 1 aliphatic carbocycles. The maximum Gasteiger partial charge on any atom is 0.368 e. The lowest BCUT2D eigenvalue weighted by Gasteiger charge is -2.44. The maximum atomic E-state index is 15.1. The van der Waals surface area contributed by atoms with E-state index in [9.17, 15) is 9.18 Å². The molecule has 10 nitrogen and oxygen atoms in total. The van der Waals surface area contributed by atoms with Crippen LogP contribution >= 0.6 is 0 Å². The van der Waals surface area contributed by atoms with Crippen molar-refractivity contribution in [2.75, 3.05) is 30.3 Å². The van der Waals surface area contributed by atoms with E-state index in [1.54, 1.807) is 0 Å². The van der Waals surface area contributed by atoms with Crippen molar-refractivity contribution < 1.29 is 8.78 Å². The van der Waals surface area contributed by atoms with Crippen molar-refractivity contribution in [3.63, 3.8) is 0 Å². The average molecular weight is 512 g/mol. The molecule has 1 saturated carbocycles. The Morgan fingerprint density at radius 2 is 1.86 bits per heavy atom. The van der Waals surface area contributed by atoms with E-state index in [1.807, 2.05) is 0 Å². The second kappa shape index (κ2) is 9.81. The fraction of sp³-hybridized carbons (Fsp3) is 0.560. The molecule has 3 aromatic rings. The minimum atomic E-state index is -0.557. The predicted molar refractivity (Wildman–Crippen MR) is 134 cm³/mol. The van der Waals surface area contributed by atoms with E-state index in [0.29, 0.717) is 29.8 Å². The van der Waals surface area contributed by atoms with E-state index in [2.05, 4.69) is 35.9 Å². The normalized spacial score (nSPS) is 22.0. The van der Waals surface area contributed by atoms with Gasteiger partial charge in [0.15, 0.2) is 11.6 Å². The van der Waals surface area contributed by atoms with Crippen LogP contribution in [0.3, 0.4) is 0 Å². The van der Waals surface area contributed by atoms with E-state index in [1.165, 1.54) is 38.4 Å². The monoisotopic (exact) mass is 511 g/mol. The zero-order valence-electron chi connectivity index (χ0n) is 20.8. The van der Waals surface area contributed by atoms with Gasteiger partial charge >= 0.3 is 5.69 Å². The Bertz CT molecular complexity index is 1350. The first-order valence-electron chi connectivity index (χ1n) is 13.1. The summed E-state index contributed by atoms with van der Waals surface area (Å²) in [4.78, 5) is 23.4. The quantitative estimate of drug-likeness (QED) is 0.498. The number of nitrogens with zero attached hydrogens (tertiary/aromatic N) is 7. The van der Waals surface area contributed by atoms with Crippen molar-refractivity contribution in [3.05, 3.63) is 46.0 Å². The van der Waals surface area contributed by atoms with Gasteiger partial charge in [-0.1, -0.05) is 6.42 Å². The van der Waals surface area contributed by atoms with Gasteiger partial charge in [-0.3, -0.25) is 0 Å². The smallest absolute Gasteiger partial charge is 0.367 e. The second-order valence-corrected chi connectivity index (χ2v) is 10.4. The van der Waals surface area contributed by atoms with Crippen molar-refractivity contribution in [3.8, 4) is 5.69 Å². The van der Waals surface area contributed by atoms with Gasteiger partial charge in [0.2, 0.25) is 5.95 Å². The summed E-state index contributed by atoms with van der Waals surface area (Å²) in [5, 5.41) is 13.8. The van der Waals surface area contributed by atoms with Crippen molar-refractivity contribution in [1.29, 1.82) is 0 Å². The molecule has 37 heavy (non-hydrogen) atoms. The highest BCUT2D eigenvalue weighted by molar-refractivity contribution is 5.62. The van der Waals surface area contributed by atoms with Crippen molar-refractivity contribution >= 4 is 17.5 Å². The van der Waals surface area contributed by atoms with Gasteiger partial charge in [0.1, 0.15) is 5.82 Å². The van der Waals surface area contributed by atoms with E-state index in [-0.39, 0.29) is 23.4 Å². The Hall–Kier alpha value is -3.41. The van der Waals surface area contributed by atoms with Gasteiger partial charge in [0, 0.05) is 19.6 Å². The number of aromatic nitrogens is 6. The van der Waals surface area contributed by atoms with Crippen LogP contribution in [0.5, 0.6) is 0 Å². The van der Waals surface area contributed by atoms with Crippen LogP contribution in [0.4, 0.5) is 26.2 Å². The number of benzene rings is 1. The maximum absolute atomic E-state index is 15.1. The van der Waals surface area contributed by atoms with Gasteiger partial charge in [0.25, 0.3) is 0 Å². The van der Waals surface area contributed by atoms with Crippen LogP contribution in [0.1, 0.15) is 56.4 Å². The first-order valence-corrected chi connectivity index (χ1v) is 13.1. The van der Waals surface area contributed by atoms with Crippen molar-refractivity contribution in [1.82, 2.24) is 34.7 Å². The Morgan fingerprint density at radius 1 is 1.03 bits per heavy atom. The Kier molecular flexibility index (Phi) is 6.35. The standard InChI is InChI=1S/C25H31F2N9O/c1-34-25(37)36(33-32-34)22-12-20(18(26)11-17(22)15-7-8-15)30-24-29-14-19(27)23(31-24)28-13-16-5-4-10-35-9-3-2-6-21(16)35/h11-12,14-16,21H,2-10,13H2,1H3,(H2,28,29,30,31). The van der Waals surface area contributed by atoms with Gasteiger partial charge in [-0.2, -0.15) is 14.3 Å². The predicted octanol–water partition coefficient (Wildman–Crippen LogP) is 3.33. The zero-order valence-corrected chi connectivity index (χ0v) is 20.8. The highest BCUT2D eigenvalue weighted by Gasteiger charge is 2.33. The van der Waals surface area contributed by atoms with Crippen LogP contribution in [0.25, 0.3) is 5.69 Å². The van der Waals surface area contributed by atoms with E-state index >= 15 is 4.39 Å².